The number of nitrogens with zero attached hydrogens (tertiary/aromatic N) is 3. The minimum atomic E-state index is 0.508. The van der Waals surface area contributed by atoms with E-state index in [9.17, 15) is 0 Å². The molecule has 1 aromatic carbocycles. The Kier molecular flexibility index (Phi) is 2.76. The molecule has 90 valence electrons. The third kappa shape index (κ3) is 1.97. The molecule has 3 rings (SSSR count). The van der Waals surface area contributed by atoms with E-state index in [1.54, 1.807) is 6.20 Å². The van der Waals surface area contributed by atoms with Crippen LogP contribution < -0.4 is 5.73 Å². The van der Waals surface area contributed by atoms with E-state index in [2.05, 4.69) is 25.9 Å². The highest BCUT2D eigenvalue weighted by Crippen LogP contribution is 2.22. The minimum Gasteiger partial charge on any atom is -0.369 e. The Labute approximate surface area is 113 Å². The predicted molar refractivity (Wildman–Crippen MR) is 75.2 cm³/mol. The Balaban J connectivity index is 2.09. The summed E-state index contributed by atoms with van der Waals surface area (Å²) in [6.07, 6.45) is 1.78. The predicted octanol–water partition coefficient (Wildman–Crippen LogP) is 2.82. The van der Waals surface area contributed by atoms with E-state index >= 15 is 0 Å². The summed E-state index contributed by atoms with van der Waals surface area (Å²) in [5.41, 5.74) is 8.83. The maximum Gasteiger partial charge on any atom is 0.201 e. The van der Waals surface area contributed by atoms with Crippen molar-refractivity contribution in [2.75, 3.05) is 5.73 Å². The van der Waals surface area contributed by atoms with Crippen molar-refractivity contribution in [2.45, 2.75) is 6.54 Å². The van der Waals surface area contributed by atoms with Crippen LogP contribution in [0.5, 0.6) is 0 Å². The van der Waals surface area contributed by atoms with Crippen LogP contribution in [0, 0.1) is 0 Å². The van der Waals surface area contributed by atoms with Crippen molar-refractivity contribution in [3.05, 3.63) is 52.8 Å². The van der Waals surface area contributed by atoms with Gasteiger partial charge in [0.2, 0.25) is 5.95 Å². The Morgan fingerprint density at radius 3 is 2.89 bits per heavy atom. The number of rotatable bonds is 2. The molecule has 3 aromatic rings. The molecule has 2 N–H and O–H groups in total. The molecule has 5 heteroatoms. The summed E-state index contributed by atoms with van der Waals surface area (Å²) >= 11 is 3.43. The molecule has 0 aliphatic rings. The normalized spacial score (nSPS) is 10.9. The van der Waals surface area contributed by atoms with Gasteiger partial charge in [0.15, 0.2) is 0 Å². The van der Waals surface area contributed by atoms with Gasteiger partial charge >= 0.3 is 0 Å². The molecule has 2 heterocycles. The average molecular weight is 303 g/mol. The van der Waals surface area contributed by atoms with Crippen LogP contribution in [0.2, 0.25) is 0 Å². The van der Waals surface area contributed by atoms with E-state index in [1.165, 1.54) is 0 Å². The van der Waals surface area contributed by atoms with Crippen molar-refractivity contribution in [3.63, 3.8) is 0 Å². The fourth-order valence-electron chi connectivity index (χ4n) is 1.94. The second-order valence-electron chi connectivity index (χ2n) is 4.01. The molecule has 0 fully saturated rings. The number of hydrogen-bond acceptors (Lipinski definition) is 3. The molecule has 0 atom stereocenters. The highest BCUT2D eigenvalue weighted by atomic mass is 79.9. The summed E-state index contributed by atoms with van der Waals surface area (Å²) in [7, 11) is 0. The fourth-order valence-corrected chi connectivity index (χ4v) is 2.29. The van der Waals surface area contributed by atoms with E-state index in [4.69, 9.17) is 5.73 Å². The van der Waals surface area contributed by atoms with Gasteiger partial charge in [0.05, 0.1) is 23.3 Å². The van der Waals surface area contributed by atoms with Crippen LogP contribution >= 0.6 is 15.9 Å². The van der Waals surface area contributed by atoms with Crippen molar-refractivity contribution < 1.29 is 0 Å². The number of hydrogen-bond donors (Lipinski definition) is 1. The van der Waals surface area contributed by atoms with Gasteiger partial charge < -0.3 is 10.3 Å². The lowest BCUT2D eigenvalue weighted by Gasteiger charge is -2.05. The van der Waals surface area contributed by atoms with E-state index in [0.29, 0.717) is 12.5 Å². The van der Waals surface area contributed by atoms with Gasteiger partial charge in [-0.3, -0.25) is 4.98 Å². The SMILES string of the molecule is Nc1nc2cc(Br)ccc2n1Cc1ccccn1. The van der Waals surface area contributed by atoms with Crippen molar-refractivity contribution in [2.24, 2.45) is 0 Å². The second-order valence-corrected chi connectivity index (χ2v) is 4.93. The summed E-state index contributed by atoms with van der Waals surface area (Å²) < 4.78 is 2.96. The van der Waals surface area contributed by atoms with Gasteiger partial charge in [-0.25, -0.2) is 4.98 Å². The van der Waals surface area contributed by atoms with Crippen LogP contribution in [-0.2, 0) is 6.54 Å². The summed E-state index contributed by atoms with van der Waals surface area (Å²) in [5.74, 6) is 0.508. The topological polar surface area (TPSA) is 56.7 Å². The van der Waals surface area contributed by atoms with Gasteiger partial charge in [-0.2, -0.15) is 0 Å². The molecule has 0 bridgehead atoms. The molecule has 0 amide bonds. The van der Waals surface area contributed by atoms with Crippen molar-refractivity contribution >= 4 is 32.9 Å². The Morgan fingerprint density at radius 1 is 1.22 bits per heavy atom. The first-order chi connectivity index (χ1) is 8.74. The molecule has 0 saturated heterocycles. The summed E-state index contributed by atoms with van der Waals surface area (Å²) in [6.45, 7) is 0.630. The first kappa shape index (κ1) is 11.2. The molecule has 2 aromatic heterocycles. The minimum absolute atomic E-state index is 0.508. The smallest absolute Gasteiger partial charge is 0.201 e. The quantitative estimate of drug-likeness (QED) is 0.792. The number of pyridine rings is 1. The standard InChI is InChI=1S/C13H11BrN4/c14-9-4-5-12-11(7-9)17-13(15)18(12)8-10-3-1-2-6-16-10/h1-7H,8H2,(H2,15,17). The lowest BCUT2D eigenvalue weighted by atomic mass is 10.3. The van der Waals surface area contributed by atoms with Crippen LogP contribution in [0.3, 0.4) is 0 Å². The Bertz CT molecular complexity index is 691. The monoisotopic (exact) mass is 302 g/mol. The van der Waals surface area contributed by atoms with Gasteiger partial charge in [-0.15, -0.1) is 0 Å². The molecule has 4 nitrogen and oxygen atoms in total. The van der Waals surface area contributed by atoms with Gasteiger partial charge in [-0.1, -0.05) is 22.0 Å². The van der Waals surface area contributed by atoms with E-state index in [-0.39, 0.29) is 0 Å². The molecular formula is C13H11BrN4. The summed E-state index contributed by atoms with van der Waals surface area (Å²) in [4.78, 5) is 8.66. The maximum atomic E-state index is 5.96. The number of imidazole rings is 1. The average Bonchev–Trinajstić information content (AvgIpc) is 2.66. The first-order valence-corrected chi connectivity index (χ1v) is 6.34. The largest absolute Gasteiger partial charge is 0.369 e. The van der Waals surface area contributed by atoms with E-state index in [0.717, 1.165) is 21.2 Å². The van der Waals surface area contributed by atoms with Gasteiger partial charge in [0.25, 0.3) is 0 Å². The van der Waals surface area contributed by atoms with Crippen LogP contribution in [0.15, 0.2) is 47.1 Å². The number of anilines is 1. The highest BCUT2D eigenvalue weighted by Gasteiger charge is 2.09. The lowest BCUT2D eigenvalue weighted by molar-refractivity contribution is 0.809. The molecule has 0 saturated carbocycles. The Hall–Kier alpha value is -1.88. The van der Waals surface area contributed by atoms with E-state index in [1.807, 2.05) is 41.0 Å². The van der Waals surface area contributed by atoms with E-state index < -0.39 is 0 Å². The van der Waals surface area contributed by atoms with Crippen molar-refractivity contribution in [3.8, 4) is 0 Å². The summed E-state index contributed by atoms with van der Waals surface area (Å²) in [5, 5.41) is 0. The molecule has 0 unspecified atom stereocenters. The van der Waals surface area contributed by atoms with Crippen LogP contribution in [0.4, 0.5) is 5.95 Å². The second kappa shape index (κ2) is 4.42. The molecule has 0 aliphatic heterocycles. The summed E-state index contributed by atoms with van der Waals surface area (Å²) in [6, 6.07) is 11.8. The van der Waals surface area contributed by atoms with Crippen LogP contribution in [0.1, 0.15) is 5.69 Å². The number of nitrogen functional groups attached to an aromatic ring is 1. The Morgan fingerprint density at radius 2 is 2.11 bits per heavy atom. The molecule has 0 aliphatic carbocycles. The fraction of sp³-hybridized carbons (Fsp3) is 0.0769. The molecule has 0 radical (unpaired) electrons. The number of fused-ring (bicyclic) bond motifs is 1. The zero-order chi connectivity index (χ0) is 12.5. The van der Waals surface area contributed by atoms with Crippen LogP contribution in [0.25, 0.3) is 11.0 Å². The van der Waals surface area contributed by atoms with Gasteiger partial charge in [0, 0.05) is 10.7 Å². The number of benzene rings is 1. The first-order valence-electron chi connectivity index (χ1n) is 5.55. The van der Waals surface area contributed by atoms with Crippen molar-refractivity contribution in [1.82, 2.24) is 14.5 Å². The molecule has 18 heavy (non-hydrogen) atoms. The lowest BCUT2D eigenvalue weighted by Crippen LogP contribution is -2.05. The number of nitrogens with two attached hydrogens (primary N) is 1. The van der Waals surface area contributed by atoms with Gasteiger partial charge in [0.1, 0.15) is 0 Å². The highest BCUT2D eigenvalue weighted by molar-refractivity contribution is 9.10. The molecular weight excluding hydrogens is 292 g/mol. The number of aromatic nitrogens is 3. The maximum absolute atomic E-state index is 5.96. The third-order valence-corrected chi connectivity index (χ3v) is 3.28. The third-order valence-electron chi connectivity index (χ3n) is 2.79. The van der Waals surface area contributed by atoms with Crippen LogP contribution in [-0.4, -0.2) is 14.5 Å². The van der Waals surface area contributed by atoms with Gasteiger partial charge in [-0.05, 0) is 30.3 Å². The number of halogens is 1. The zero-order valence-electron chi connectivity index (χ0n) is 9.55. The van der Waals surface area contributed by atoms with Crippen molar-refractivity contribution in [1.29, 1.82) is 0 Å². The zero-order valence-corrected chi connectivity index (χ0v) is 11.1. The molecule has 0 spiro atoms.